The molecule has 0 radical (unpaired) electrons. The maximum atomic E-state index is 5.44. The summed E-state index contributed by atoms with van der Waals surface area (Å²) in [4.78, 5) is 0. The summed E-state index contributed by atoms with van der Waals surface area (Å²) in [5.74, 6) is 0.838. The molecule has 0 saturated heterocycles. The lowest BCUT2D eigenvalue weighted by molar-refractivity contribution is 0.338. The van der Waals surface area contributed by atoms with Crippen molar-refractivity contribution in [3.05, 3.63) is 0 Å². The molecule has 0 atom stereocenters. The predicted octanol–water partition coefficient (Wildman–Crippen LogP) is 2.87. The minimum atomic E-state index is -1.23. The number of rotatable bonds is 3. The normalized spacial score (nSPS) is 11.0. The van der Waals surface area contributed by atoms with Crippen LogP contribution >= 0.6 is 12.6 Å². The first-order valence-corrected chi connectivity index (χ1v) is 12.0. The summed E-state index contributed by atoms with van der Waals surface area (Å²) in [6.45, 7) is 14.3. The molecule has 0 unspecified atom stereocenters. The van der Waals surface area contributed by atoms with E-state index in [0.717, 1.165) is 12.4 Å². The Morgan fingerprint density at radius 3 is 1.58 bits per heavy atom. The largest absolute Gasteiger partial charge is 0.417 e. The van der Waals surface area contributed by atoms with Gasteiger partial charge in [0, 0.05) is 21.2 Å². The van der Waals surface area contributed by atoms with E-state index in [-0.39, 0.29) is 8.80 Å². The summed E-state index contributed by atoms with van der Waals surface area (Å²) < 4.78 is 5.44. The highest BCUT2D eigenvalue weighted by Gasteiger charge is 2.12. The van der Waals surface area contributed by atoms with Gasteiger partial charge < -0.3 is 4.43 Å². The van der Waals surface area contributed by atoms with E-state index in [1.54, 1.807) is 0 Å². The van der Waals surface area contributed by atoms with Gasteiger partial charge in [-0.05, 0) is 19.6 Å². The van der Waals surface area contributed by atoms with Crippen LogP contribution < -0.4 is 0 Å². The average Bonchev–Trinajstić information content (AvgIpc) is 1.80. The van der Waals surface area contributed by atoms with Gasteiger partial charge in [-0.1, -0.05) is 19.6 Å². The van der Waals surface area contributed by atoms with Gasteiger partial charge in [0.25, 0.3) is 0 Å². The highest BCUT2D eigenvalue weighted by Crippen LogP contribution is 2.01. The zero-order valence-electron chi connectivity index (χ0n) is 9.35. The minimum absolute atomic E-state index is 0.139. The molecule has 0 rings (SSSR count). The summed E-state index contributed by atoms with van der Waals surface area (Å²) in [5, 5.41) is 0. The highest BCUT2D eigenvalue weighted by atomic mass is 32.1. The highest BCUT2D eigenvalue weighted by molar-refractivity contribution is 7.80. The van der Waals surface area contributed by atoms with Crippen LogP contribution in [0.25, 0.3) is 0 Å². The first-order chi connectivity index (χ1) is 5.29. The van der Waals surface area contributed by atoms with Gasteiger partial charge in [-0.2, -0.15) is 12.6 Å². The molecule has 0 aromatic heterocycles. The molecule has 0 amide bonds. The second-order valence-corrected chi connectivity index (χ2v) is 12.8. The van der Waals surface area contributed by atoms with E-state index in [1.807, 2.05) is 0 Å². The van der Waals surface area contributed by atoms with E-state index < -0.39 is 8.32 Å². The van der Waals surface area contributed by atoms with Crippen LogP contribution in [0.2, 0.25) is 39.3 Å². The molecule has 0 N–H and O–H groups in total. The molecule has 0 bridgehead atoms. The summed E-state index contributed by atoms with van der Waals surface area (Å²) in [6.07, 6.45) is 0. The zero-order chi connectivity index (χ0) is 10.2. The van der Waals surface area contributed by atoms with Crippen LogP contribution in [0.5, 0.6) is 0 Å². The zero-order valence-corrected chi connectivity index (χ0v) is 12.4. The minimum Gasteiger partial charge on any atom is -0.417 e. The monoisotopic (exact) mass is 224 g/mol. The van der Waals surface area contributed by atoms with Gasteiger partial charge in [0.05, 0.1) is 0 Å². The average molecular weight is 225 g/mol. The van der Waals surface area contributed by atoms with Crippen molar-refractivity contribution in [2.45, 2.75) is 39.3 Å². The number of thiol groups is 1. The first-order valence-electron chi connectivity index (χ1n) is 4.54. The van der Waals surface area contributed by atoms with Crippen molar-refractivity contribution in [3.8, 4) is 0 Å². The van der Waals surface area contributed by atoms with E-state index in [9.17, 15) is 0 Å². The maximum Gasteiger partial charge on any atom is 0.183 e. The van der Waals surface area contributed by atoms with Gasteiger partial charge in [-0.25, -0.2) is 0 Å². The van der Waals surface area contributed by atoms with Crippen LogP contribution in [0.3, 0.4) is 0 Å². The van der Waals surface area contributed by atoms with E-state index in [0.29, 0.717) is 0 Å². The van der Waals surface area contributed by atoms with E-state index in [4.69, 9.17) is 4.43 Å². The molecule has 0 saturated carbocycles. The van der Waals surface area contributed by atoms with Gasteiger partial charge in [0.2, 0.25) is 0 Å². The number of hydrogen-bond acceptors (Lipinski definition) is 2. The Labute approximate surface area is 86.1 Å². The Balaban J connectivity index is 0. The van der Waals surface area contributed by atoms with Gasteiger partial charge in [0.1, 0.15) is 0 Å². The van der Waals surface area contributed by atoms with Crippen molar-refractivity contribution in [2.24, 2.45) is 0 Å². The second kappa shape index (κ2) is 8.35. The molecule has 12 heavy (non-hydrogen) atoms. The molecule has 76 valence electrons. The molecule has 0 aromatic rings. The van der Waals surface area contributed by atoms with Crippen molar-refractivity contribution in [1.29, 1.82) is 0 Å². The molecular formula is C8H24OSSi2. The van der Waals surface area contributed by atoms with Crippen molar-refractivity contribution in [3.63, 3.8) is 0 Å². The molecule has 0 aliphatic heterocycles. The quantitative estimate of drug-likeness (QED) is 0.573. The second-order valence-electron chi connectivity index (χ2n) is 4.42. The van der Waals surface area contributed by atoms with Gasteiger partial charge in [-0.15, -0.1) is 0 Å². The Bertz CT molecular complexity index is 88.8. The Morgan fingerprint density at radius 1 is 1.17 bits per heavy atom. The van der Waals surface area contributed by atoms with Crippen LogP contribution in [0, 0.1) is 0 Å². The Kier molecular flexibility index (Phi) is 10.6. The molecule has 0 fully saturated rings. The smallest absolute Gasteiger partial charge is 0.183 e. The fraction of sp³-hybridized carbons (Fsp3) is 1.00. The third-order valence-electron chi connectivity index (χ3n) is 0.626. The maximum absolute atomic E-state index is 5.44. The van der Waals surface area contributed by atoms with E-state index in [2.05, 4.69) is 51.9 Å². The molecule has 0 aliphatic carbocycles. The molecule has 0 aliphatic rings. The molecule has 0 aromatic carbocycles. The first kappa shape index (κ1) is 15.2. The summed E-state index contributed by atoms with van der Waals surface area (Å²) in [7, 11) is -1.37. The standard InChI is InChI=1S/C5H14OSSi.C3H10Si/c1-8(2,3)6-4-5-7;1-4(2)3/h7H,4-5H2,1-3H3;4H,1-3H3. The predicted molar refractivity (Wildman–Crippen MR) is 67.9 cm³/mol. The van der Waals surface area contributed by atoms with Crippen molar-refractivity contribution >= 4 is 29.7 Å². The summed E-state index contributed by atoms with van der Waals surface area (Å²) in [6, 6.07) is 0. The van der Waals surface area contributed by atoms with Crippen molar-refractivity contribution in [1.82, 2.24) is 0 Å². The Morgan fingerprint density at radius 2 is 1.50 bits per heavy atom. The van der Waals surface area contributed by atoms with E-state index in [1.165, 1.54) is 0 Å². The fourth-order valence-electron chi connectivity index (χ4n) is 0.352. The lowest BCUT2D eigenvalue weighted by Gasteiger charge is -2.15. The summed E-state index contributed by atoms with van der Waals surface area (Å²) in [5.41, 5.74) is 0. The lowest BCUT2D eigenvalue weighted by atomic mass is 10.9. The molecular weight excluding hydrogens is 200 g/mol. The third-order valence-corrected chi connectivity index (χ3v) is 1.88. The van der Waals surface area contributed by atoms with Crippen molar-refractivity contribution < 1.29 is 4.43 Å². The van der Waals surface area contributed by atoms with Crippen molar-refractivity contribution in [2.75, 3.05) is 12.4 Å². The van der Waals surface area contributed by atoms with Crippen LogP contribution in [0.1, 0.15) is 0 Å². The Hall–Kier alpha value is 0.744. The lowest BCUT2D eigenvalue weighted by Crippen LogP contribution is -2.26. The van der Waals surface area contributed by atoms with Crippen LogP contribution in [0.4, 0.5) is 0 Å². The topological polar surface area (TPSA) is 9.23 Å². The molecule has 4 heteroatoms. The molecule has 0 heterocycles. The van der Waals surface area contributed by atoms with Crippen LogP contribution in [0.15, 0.2) is 0 Å². The summed E-state index contributed by atoms with van der Waals surface area (Å²) >= 11 is 4.03. The fourth-order valence-corrected chi connectivity index (χ4v) is 1.33. The van der Waals surface area contributed by atoms with Crippen LogP contribution in [-0.2, 0) is 4.43 Å². The van der Waals surface area contributed by atoms with Gasteiger partial charge in [-0.3, -0.25) is 0 Å². The van der Waals surface area contributed by atoms with Crippen LogP contribution in [-0.4, -0.2) is 29.5 Å². The van der Waals surface area contributed by atoms with Gasteiger partial charge >= 0.3 is 0 Å². The SMILES string of the molecule is C[SiH](C)C.C[Si](C)(C)OCCS. The van der Waals surface area contributed by atoms with E-state index >= 15 is 0 Å². The number of hydrogen-bond donors (Lipinski definition) is 1. The third kappa shape index (κ3) is 30.9. The molecule has 1 nitrogen and oxygen atoms in total. The van der Waals surface area contributed by atoms with Gasteiger partial charge in [0.15, 0.2) is 8.32 Å². The molecule has 0 spiro atoms.